The van der Waals surface area contributed by atoms with Crippen LogP contribution in [0.2, 0.25) is 5.02 Å². The van der Waals surface area contributed by atoms with Gasteiger partial charge in [-0.05, 0) is 31.5 Å². The van der Waals surface area contributed by atoms with Crippen molar-refractivity contribution in [3.63, 3.8) is 0 Å². The fourth-order valence-corrected chi connectivity index (χ4v) is 5.15. The number of anilines is 1. The van der Waals surface area contributed by atoms with Gasteiger partial charge in [-0.2, -0.15) is 0 Å². The van der Waals surface area contributed by atoms with E-state index < -0.39 is 23.9 Å². The molecule has 0 spiro atoms. The fraction of sp³-hybridized carbons (Fsp3) is 0.318. The van der Waals surface area contributed by atoms with Crippen molar-refractivity contribution in [2.45, 2.75) is 25.1 Å². The molecule has 0 saturated carbocycles. The lowest BCUT2D eigenvalue weighted by Gasteiger charge is -2.15. The predicted octanol–water partition coefficient (Wildman–Crippen LogP) is 4.28. The van der Waals surface area contributed by atoms with Crippen LogP contribution in [0.3, 0.4) is 0 Å². The number of nitrogens with zero attached hydrogens (tertiary/aromatic N) is 3. The van der Waals surface area contributed by atoms with E-state index in [0.29, 0.717) is 27.3 Å². The number of benzene rings is 1. The Hall–Kier alpha value is -3.09. The number of hydrogen-bond donors (Lipinski definition) is 1. The molecule has 10 nitrogen and oxygen atoms in total. The summed E-state index contributed by atoms with van der Waals surface area (Å²) in [5, 5.41) is 12.2. The first kappa shape index (κ1) is 26.5. The topological polar surface area (TPSA) is 122 Å². The monoisotopic (exact) mass is 538 g/mol. The van der Waals surface area contributed by atoms with Gasteiger partial charge in [-0.3, -0.25) is 4.79 Å². The first-order chi connectivity index (χ1) is 16.7. The van der Waals surface area contributed by atoms with Crippen LogP contribution in [0.4, 0.5) is 5.00 Å². The Morgan fingerprint density at radius 3 is 2.51 bits per heavy atom. The molecular weight excluding hydrogens is 516 g/mol. The summed E-state index contributed by atoms with van der Waals surface area (Å²) < 4.78 is 17.2. The van der Waals surface area contributed by atoms with Crippen LogP contribution in [0.1, 0.15) is 44.4 Å². The van der Waals surface area contributed by atoms with Crippen LogP contribution in [-0.4, -0.2) is 52.6 Å². The van der Waals surface area contributed by atoms with E-state index in [0.717, 1.165) is 23.1 Å². The number of carbonyl (C=O) groups is 3. The van der Waals surface area contributed by atoms with Crippen molar-refractivity contribution in [1.82, 2.24) is 14.8 Å². The van der Waals surface area contributed by atoms with Gasteiger partial charge in [0, 0.05) is 7.05 Å². The lowest BCUT2D eigenvalue weighted by atomic mass is 10.1. The van der Waals surface area contributed by atoms with Gasteiger partial charge in [0.2, 0.25) is 5.91 Å². The summed E-state index contributed by atoms with van der Waals surface area (Å²) in [6.45, 7) is 3.41. The van der Waals surface area contributed by atoms with Gasteiger partial charge in [-0.25, -0.2) is 9.59 Å². The first-order valence-corrected chi connectivity index (χ1v) is 12.4. The number of ether oxygens (including phenoxy) is 3. The molecule has 1 aromatic carbocycles. The third kappa shape index (κ3) is 5.95. The van der Waals surface area contributed by atoms with Crippen LogP contribution in [0.5, 0.6) is 5.75 Å². The Morgan fingerprint density at radius 1 is 1.17 bits per heavy atom. The summed E-state index contributed by atoms with van der Waals surface area (Å²) >= 11 is 8.26. The number of amides is 1. The largest absolute Gasteiger partial charge is 0.481 e. The highest BCUT2D eigenvalue weighted by Crippen LogP contribution is 2.34. The molecule has 1 unspecified atom stereocenters. The van der Waals surface area contributed by atoms with Crippen molar-refractivity contribution < 1.29 is 28.6 Å². The molecule has 1 atom stereocenters. The molecule has 3 aromatic rings. The molecule has 0 aliphatic rings. The minimum absolute atomic E-state index is 0.0170. The van der Waals surface area contributed by atoms with E-state index in [2.05, 4.69) is 15.5 Å². The smallest absolute Gasteiger partial charge is 0.348 e. The first-order valence-electron chi connectivity index (χ1n) is 10.2. The molecule has 0 aliphatic heterocycles. The second-order valence-corrected chi connectivity index (χ2v) is 9.54. The van der Waals surface area contributed by atoms with Gasteiger partial charge in [0.1, 0.15) is 15.6 Å². The van der Waals surface area contributed by atoms with Crippen molar-refractivity contribution in [2.75, 3.05) is 25.3 Å². The van der Waals surface area contributed by atoms with Crippen LogP contribution >= 0.6 is 34.7 Å². The average Bonchev–Trinajstić information content (AvgIpc) is 3.37. The number of para-hydroxylation sites is 1. The summed E-state index contributed by atoms with van der Waals surface area (Å²) in [5.74, 6) is -0.608. The van der Waals surface area contributed by atoms with Gasteiger partial charge in [0.25, 0.3) is 0 Å². The molecule has 2 heterocycles. The van der Waals surface area contributed by atoms with Crippen LogP contribution in [-0.2, 0) is 21.3 Å². The highest BCUT2D eigenvalue weighted by atomic mass is 35.5. The third-order valence-electron chi connectivity index (χ3n) is 4.86. The Balaban J connectivity index is 1.69. The molecule has 0 bridgehead atoms. The molecule has 35 heavy (non-hydrogen) atoms. The van der Waals surface area contributed by atoms with E-state index >= 15 is 0 Å². The van der Waals surface area contributed by atoms with Crippen molar-refractivity contribution in [1.29, 1.82) is 0 Å². The zero-order valence-electron chi connectivity index (χ0n) is 19.6. The number of halogens is 1. The van der Waals surface area contributed by atoms with Crippen molar-refractivity contribution in [2.24, 2.45) is 7.05 Å². The lowest BCUT2D eigenvalue weighted by Crippen LogP contribution is -2.16. The van der Waals surface area contributed by atoms with E-state index in [-0.39, 0.29) is 21.2 Å². The van der Waals surface area contributed by atoms with Crippen molar-refractivity contribution >= 4 is 57.5 Å². The van der Waals surface area contributed by atoms with Crippen LogP contribution in [0.25, 0.3) is 0 Å². The number of hydrogen-bond acceptors (Lipinski definition) is 10. The lowest BCUT2D eigenvalue weighted by molar-refractivity contribution is -0.113. The molecule has 1 amide bonds. The van der Waals surface area contributed by atoms with E-state index in [9.17, 15) is 14.4 Å². The SMILES string of the molecule is COC(=O)c1sc(NC(=O)CSc2nnc(C(C)Oc3ccccc3Cl)n2C)c(C(=O)OC)c1C. The minimum Gasteiger partial charge on any atom is -0.481 e. The Bertz CT molecular complexity index is 1260. The summed E-state index contributed by atoms with van der Waals surface area (Å²) in [5.41, 5.74) is 0.491. The molecule has 0 saturated heterocycles. The number of thioether (sulfide) groups is 1. The van der Waals surface area contributed by atoms with E-state index in [4.69, 9.17) is 25.8 Å². The van der Waals surface area contributed by atoms with Gasteiger partial charge >= 0.3 is 11.9 Å². The number of aromatic nitrogens is 3. The quantitative estimate of drug-likeness (QED) is 0.314. The fourth-order valence-electron chi connectivity index (χ4n) is 3.12. The number of methoxy groups -OCH3 is 2. The number of esters is 2. The van der Waals surface area contributed by atoms with Crippen LogP contribution < -0.4 is 10.1 Å². The van der Waals surface area contributed by atoms with Gasteiger partial charge in [0.15, 0.2) is 17.1 Å². The molecule has 13 heteroatoms. The van der Waals surface area contributed by atoms with Crippen LogP contribution in [0.15, 0.2) is 29.4 Å². The van der Waals surface area contributed by atoms with Gasteiger partial charge in [-0.1, -0.05) is 35.5 Å². The maximum absolute atomic E-state index is 12.6. The van der Waals surface area contributed by atoms with E-state index in [1.165, 1.54) is 14.2 Å². The molecule has 1 N–H and O–H groups in total. The highest BCUT2D eigenvalue weighted by molar-refractivity contribution is 7.99. The molecule has 2 aromatic heterocycles. The maximum Gasteiger partial charge on any atom is 0.348 e. The zero-order chi connectivity index (χ0) is 25.7. The number of nitrogens with one attached hydrogen (secondary N) is 1. The molecule has 3 rings (SSSR count). The second kappa shape index (κ2) is 11.6. The average molecular weight is 539 g/mol. The molecular formula is C22H23ClN4O6S2. The second-order valence-electron chi connectivity index (χ2n) is 7.17. The summed E-state index contributed by atoms with van der Waals surface area (Å²) in [7, 11) is 4.23. The van der Waals surface area contributed by atoms with E-state index in [1.807, 2.05) is 19.1 Å². The molecule has 186 valence electrons. The van der Waals surface area contributed by atoms with Crippen molar-refractivity contribution in [3.8, 4) is 5.75 Å². The standard InChI is InChI=1S/C22H23ClN4O6S2/c1-11-16(20(29)31-4)19(35-17(11)21(30)32-5)24-15(28)10-34-22-26-25-18(27(22)3)12(2)33-14-9-7-6-8-13(14)23/h6-9,12H,10H2,1-5H3,(H,24,28). The Morgan fingerprint density at radius 2 is 1.86 bits per heavy atom. The highest BCUT2D eigenvalue weighted by Gasteiger charge is 2.27. The predicted molar refractivity (Wildman–Crippen MR) is 133 cm³/mol. The summed E-state index contributed by atoms with van der Waals surface area (Å²) in [6, 6.07) is 7.12. The molecule has 0 aliphatic carbocycles. The van der Waals surface area contributed by atoms with Gasteiger partial charge < -0.3 is 24.1 Å². The third-order valence-corrected chi connectivity index (χ3v) is 7.38. The Labute approximate surface area is 214 Å². The number of rotatable bonds is 9. The van der Waals surface area contributed by atoms with Gasteiger partial charge in [-0.15, -0.1) is 21.5 Å². The number of carbonyl (C=O) groups excluding carboxylic acids is 3. The normalized spacial score (nSPS) is 11.6. The summed E-state index contributed by atoms with van der Waals surface area (Å²) in [6.07, 6.45) is -0.441. The minimum atomic E-state index is -0.665. The Kier molecular flexibility index (Phi) is 8.76. The van der Waals surface area contributed by atoms with Crippen molar-refractivity contribution in [3.05, 3.63) is 51.1 Å². The zero-order valence-corrected chi connectivity index (χ0v) is 22.0. The van der Waals surface area contributed by atoms with Gasteiger partial charge in [0.05, 0.1) is 30.6 Å². The van der Waals surface area contributed by atoms with Crippen LogP contribution in [0, 0.1) is 6.92 Å². The molecule has 0 fully saturated rings. The summed E-state index contributed by atoms with van der Waals surface area (Å²) in [4.78, 5) is 37.1. The maximum atomic E-state index is 12.6. The number of thiophene rings is 1. The van der Waals surface area contributed by atoms with E-state index in [1.54, 1.807) is 30.7 Å². The molecule has 0 radical (unpaired) electrons.